The first-order chi connectivity index (χ1) is 13.9. The quantitative estimate of drug-likeness (QED) is 0.464. The number of anilines is 1. The van der Waals surface area contributed by atoms with Crippen LogP contribution in [-0.4, -0.2) is 18.7 Å². The molecule has 0 spiro atoms. The first kappa shape index (κ1) is 20.9. The molecule has 4 nitrogen and oxygen atoms in total. The lowest BCUT2D eigenvalue weighted by Crippen LogP contribution is -2.20. The molecule has 0 bridgehead atoms. The highest BCUT2D eigenvalue weighted by Crippen LogP contribution is 2.25. The van der Waals surface area contributed by atoms with Gasteiger partial charge < -0.3 is 10.1 Å². The Morgan fingerprint density at radius 2 is 1.90 bits per heavy atom. The van der Waals surface area contributed by atoms with Crippen LogP contribution in [0.25, 0.3) is 0 Å². The zero-order chi connectivity index (χ0) is 20.8. The zero-order valence-electron chi connectivity index (χ0n) is 16.1. The standard InChI is InChI=1S/C23H20Cl2N2O2/c1-15-4-3-5-20(10-15)27-23(28)14-29-22-9-7-18(24)11-17(22)13-26-19-8-6-16(2)21(25)12-19/h3-13H,14H2,1-2H3,(H,27,28). The van der Waals surface area contributed by atoms with Gasteiger partial charge in [0.05, 0.1) is 5.69 Å². The summed E-state index contributed by atoms with van der Waals surface area (Å²) in [5, 5.41) is 4.01. The van der Waals surface area contributed by atoms with E-state index in [4.69, 9.17) is 27.9 Å². The van der Waals surface area contributed by atoms with Crippen LogP contribution in [0.3, 0.4) is 0 Å². The van der Waals surface area contributed by atoms with Gasteiger partial charge in [0.1, 0.15) is 5.75 Å². The maximum Gasteiger partial charge on any atom is 0.262 e. The second-order valence-corrected chi connectivity index (χ2v) is 7.42. The Bertz CT molecular complexity index is 1060. The SMILES string of the molecule is Cc1cccc(NC(=O)COc2ccc(Cl)cc2C=Nc2ccc(C)c(Cl)c2)c1. The number of ether oxygens (including phenoxy) is 1. The highest BCUT2D eigenvalue weighted by Gasteiger charge is 2.08. The highest BCUT2D eigenvalue weighted by molar-refractivity contribution is 6.31. The van der Waals surface area contributed by atoms with Crippen molar-refractivity contribution < 1.29 is 9.53 Å². The van der Waals surface area contributed by atoms with Crippen LogP contribution in [0.5, 0.6) is 5.75 Å². The number of carbonyl (C=O) groups excluding carboxylic acids is 1. The van der Waals surface area contributed by atoms with Crippen LogP contribution in [0, 0.1) is 13.8 Å². The van der Waals surface area contributed by atoms with E-state index in [9.17, 15) is 4.79 Å². The van der Waals surface area contributed by atoms with E-state index < -0.39 is 0 Å². The molecule has 6 heteroatoms. The van der Waals surface area contributed by atoms with Crippen molar-refractivity contribution in [2.75, 3.05) is 11.9 Å². The summed E-state index contributed by atoms with van der Waals surface area (Å²) < 4.78 is 5.70. The zero-order valence-corrected chi connectivity index (χ0v) is 17.6. The molecule has 0 aliphatic heterocycles. The van der Waals surface area contributed by atoms with Crippen molar-refractivity contribution in [3.8, 4) is 5.75 Å². The topological polar surface area (TPSA) is 50.7 Å². The van der Waals surface area contributed by atoms with Gasteiger partial charge in [0.15, 0.2) is 6.61 Å². The third-order valence-corrected chi connectivity index (χ3v) is 4.78. The molecule has 1 N–H and O–H groups in total. The number of hydrogen-bond donors (Lipinski definition) is 1. The average Bonchev–Trinajstić information content (AvgIpc) is 2.68. The molecule has 0 saturated carbocycles. The van der Waals surface area contributed by atoms with E-state index in [-0.39, 0.29) is 12.5 Å². The van der Waals surface area contributed by atoms with E-state index >= 15 is 0 Å². The number of amides is 1. The molecule has 0 aliphatic rings. The van der Waals surface area contributed by atoms with Crippen LogP contribution in [-0.2, 0) is 4.79 Å². The predicted molar refractivity (Wildman–Crippen MR) is 120 cm³/mol. The van der Waals surface area contributed by atoms with E-state index in [1.54, 1.807) is 30.5 Å². The van der Waals surface area contributed by atoms with Crippen LogP contribution < -0.4 is 10.1 Å². The van der Waals surface area contributed by atoms with Gasteiger partial charge in [-0.2, -0.15) is 0 Å². The summed E-state index contributed by atoms with van der Waals surface area (Å²) in [5.41, 5.74) is 4.15. The Balaban J connectivity index is 1.70. The number of aryl methyl sites for hydroxylation is 2. The van der Waals surface area contributed by atoms with Gasteiger partial charge in [-0.1, -0.05) is 41.4 Å². The summed E-state index contributed by atoms with van der Waals surface area (Å²) in [6, 6.07) is 18.3. The van der Waals surface area contributed by atoms with Crippen LogP contribution in [0.1, 0.15) is 16.7 Å². The molecular weight excluding hydrogens is 407 g/mol. The molecule has 0 heterocycles. The number of nitrogens with one attached hydrogen (secondary N) is 1. The number of hydrogen-bond acceptors (Lipinski definition) is 3. The first-order valence-corrected chi connectivity index (χ1v) is 9.75. The number of nitrogens with zero attached hydrogens (tertiary/aromatic N) is 1. The lowest BCUT2D eigenvalue weighted by Gasteiger charge is -2.10. The third-order valence-electron chi connectivity index (χ3n) is 4.14. The van der Waals surface area contributed by atoms with E-state index in [2.05, 4.69) is 10.3 Å². The van der Waals surface area contributed by atoms with Crippen molar-refractivity contribution in [3.63, 3.8) is 0 Å². The van der Waals surface area contributed by atoms with Gasteiger partial charge in [-0.15, -0.1) is 0 Å². The molecule has 1 amide bonds. The Morgan fingerprint density at radius 3 is 2.66 bits per heavy atom. The minimum Gasteiger partial charge on any atom is -0.483 e. The fraction of sp³-hybridized carbons (Fsp3) is 0.130. The molecule has 0 saturated heterocycles. The molecule has 0 unspecified atom stereocenters. The number of rotatable bonds is 6. The second kappa shape index (κ2) is 9.59. The third kappa shape index (κ3) is 6.08. The average molecular weight is 427 g/mol. The lowest BCUT2D eigenvalue weighted by atomic mass is 10.2. The monoisotopic (exact) mass is 426 g/mol. The van der Waals surface area contributed by atoms with Crippen molar-refractivity contribution in [1.29, 1.82) is 0 Å². The minimum atomic E-state index is -0.251. The maximum atomic E-state index is 12.2. The molecular formula is C23H20Cl2N2O2. The molecule has 3 aromatic carbocycles. The van der Waals surface area contributed by atoms with Gasteiger partial charge in [-0.3, -0.25) is 9.79 Å². The molecule has 3 rings (SSSR count). The fourth-order valence-electron chi connectivity index (χ4n) is 2.62. The molecule has 0 fully saturated rings. The molecule has 148 valence electrons. The largest absolute Gasteiger partial charge is 0.483 e. The van der Waals surface area contributed by atoms with E-state index in [1.165, 1.54) is 0 Å². The normalized spacial score (nSPS) is 10.9. The van der Waals surface area contributed by atoms with Gasteiger partial charge in [0.2, 0.25) is 0 Å². The maximum absolute atomic E-state index is 12.2. The van der Waals surface area contributed by atoms with Crippen LogP contribution in [0.4, 0.5) is 11.4 Å². The number of carbonyl (C=O) groups is 1. The van der Waals surface area contributed by atoms with Crippen molar-refractivity contribution in [1.82, 2.24) is 0 Å². The van der Waals surface area contributed by atoms with Crippen LogP contribution >= 0.6 is 23.2 Å². The van der Waals surface area contributed by atoms with Crippen LogP contribution in [0.2, 0.25) is 10.0 Å². The molecule has 0 radical (unpaired) electrons. The summed E-state index contributed by atoms with van der Waals surface area (Å²) >= 11 is 12.3. The lowest BCUT2D eigenvalue weighted by molar-refractivity contribution is -0.118. The molecule has 0 aliphatic carbocycles. The summed E-state index contributed by atoms with van der Waals surface area (Å²) in [5.74, 6) is 0.259. The van der Waals surface area contributed by atoms with Crippen molar-refractivity contribution >= 4 is 46.7 Å². The number of aliphatic imine (C=N–C) groups is 1. The highest BCUT2D eigenvalue weighted by atomic mass is 35.5. The fourth-order valence-corrected chi connectivity index (χ4v) is 2.98. The van der Waals surface area contributed by atoms with E-state index in [1.807, 2.05) is 50.2 Å². The summed E-state index contributed by atoms with van der Waals surface area (Å²) in [7, 11) is 0. The first-order valence-electron chi connectivity index (χ1n) is 9.00. The minimum absolute atomic E-state index is 0.132. The molecule has 0 atom stereocenters. The number of halogens is 2. The molecule has 3 aromatic rings. The van der Waals surface area contributed by atoms with Crippen molar-refractivity contribution in [3.05, 3.63) is 87.4 Å². The van der Waals surface area contributed by atoms with Gasteiger partial charge in [0.25, 0.3) is 5.91 Å². The molecule has 29 heavy (non-hydrogen) atoms. The Morgan fingerprint density at radius 1 is 1.07 bits per heavy atom. The van der Waals surface area contributed by atoms with Gasteiger partial charge in [-0.25, -0.2) is 0 Å². The Labute approximate surface area is 180 Å². The Kier molecular flexibility index (Phi) is 6.91. The van der Waals surface area contributed by atoms with Gasteiger partial charge in [-0.05, 0) is 67.4 Å². The molecule has 0 aromatic heterocycles. The van der Waals surface area contributed by atoms with Crippen molar-refractivity contribution in [2.45, 2.75) is 13.8 Å². The summed E-state index contributed by atoms with van der Waals surface area (Å²) in [6.45, 7) is 3.76. The van der Waals surface area contributed by atoms with E-state index in [0.29, 0.717) is 27.0 Å². The number of benzene rings is 3. The summed E-state index contributed by atoms with van der Waals surface area (Å²) in [4.78, 5) is 16.6. The van der Waals surface area contributed by atoms with E-state index in [0.717, 1.165) is 16.8 Å². The van der Waals surface area contributed by atoms with Crippen LogP contribution in [0.15, 0.2) is 65.7 Å². The van der Waals surface area contributed by atoms with Gasteiger partial charge >= 0.3 is 0 Å². The second-order valence-electron chi connectivity index (χ2n) is 6.58. The van der Waals surface area contributed by atoms with Gasteiger partial charge in [0, 0.05) is 27.5 Å². The summed E-state index contributed by atoms with van der Waals surface area (Å²) in [6.07, 6.45) is 1.64. The Hall–Kier alpha value is -2.82. The predicted octanol–water partition coefficient (Wildman–Crippen LogP) is 6.38. The smallest absolute Gasteiger partial charge is 0.262 e. The van der Waals surface area contributed by atoms with Crippen molar-refractivity contribution in [2.24, 2.45) is 4.99 Å².